The number of carbonyl (C=O) groups is 2. The fourth-order valence-corrected chi connectivity index (χ4v) is 2.66. The summed E-state index contributed by atoms with van der Waals surface area (Å²) < 4.78 is 11.6. The molecule has 154 valence electrons. The number of rotatable bonds is 5. The molecule has 0 unspecified atom stereocenters. The Morgan fingerprint density at radius 2 is 1.86 bits per heavy atom. The van der Waals surface area contributed by atoms with Crippen molar-refractivity contribution in [2.24, 2.45) is 0 Å². The fourth-order valence-electron chi connectivity index (χ4n) is 2.66. The zero-order chi connectivity index (χ0) is 21.8. The summed E-state index contributed by atoms with van der Waals surface area (Å²) in [7, 11) is 1.34. The summed E-state index contributed by atoms with van der Waals surface area (Å²) in [6, 6.07) is 9.16. The molecular formula is C21H26N4O4. The Balaban J connectivity index is 2.42. The minimum absolute atomic E-state index is 0.0978. The number of hydrogen-bond donors (Lipinski definition) is 1. The molecule has 2 aromatic rings. The van der Waals surface area contributed by atoms with Crippen LogP contribution in [0.5, 0.6) is 0 Å². The number of esters is 1. The van der Waals surface area contributed by atoms with E-state index in [2.05, 4.69) is 21.2 Å². The van der Waals surface area contributed by atoms with Crippen LogP contribution in [0.2, 0.25) is 0 Å². The van der Waals surface area contributed by atoms with Gasteiger partial charge < -0.3 is 9.47 Å². The van der Waals surface area contributed by atoms with Gasteiger partial charge in [0.1, 0.15) is 22.9 Å². The van der Waals surface area contributed by atoms with Crippen molar-refractivity contribution >= 4 is 17.9 Å². The minimum atomic E-state index is -0.669. The van der Waals surface area contributed by atoms with Crippen molar-refractivity contribution < 1.29 is 19.1 Å². The molecule has 8 heteroatoms. The molecule has 0 saturated carbocycles. The zero-order valence-corrected chi connectivity index (χ0v) is 17.6. The van der Waals surface area contributed by atoms with E-state index in [9.17, 15) is 14.9 Å². The van der Waals surface area contributed by atoms with E-state index in [0.29, 0.717) is 11.3 Å². The number of carbonyl (C=O) groups excluding carboxylic acids is 2. The Kier molecular flexibility index (Phi) is 6.64. The van der Waals surface area contributed by atoms with E-state index >= 15 is 0 Å². The summed E-state index contributed by atoms with van der Waals surface area (Å²) in [6.07, 6.45) is -0.496. The van der Waals surface area contributed by atoms with Crippen LogP contribution >= 0.6 is 0 Å². The number of anilines is 1. The van der Waals surface area contributed by atoms with Crippen LogP contribution in [0.25, 0.3) is 11.3 Å². The monoisotopic (exact) mass is 398 g/mol. The summed E-state index contributed by atoms with van der Waals surface area (Å²) in [5.41, 5.74) is 1.50. The van der Waals surface area contributed by atoms with Crippen molar-refractivity contribution in [3.8, 4) is 17.3 Å². The lowest BCUT2D eigenvalue weighted by Crippen LogP contribution is -2.28. The molecular weight excluding hydrogens is 372 g/mol. The first kappa shape index (κ1) is 22.0. The molecule has 1 amide bonds. The van der Waals surface area contributed by atoms with Gasteiger partial charge in [-0.25, -0.2) is 9.48 Å². The number of ether oxygens (including phenoxy) is 2. The van der Waals surface area contributed by atoms with Gasteiger partial charge in [-0.15, -0.1) is 0 Å². The van der Waals surface area contributed by atoms with Gasteiger partial charge in [0.15, 0.2) is 5.82 Å². The van der Waals surface area contributed by atoms with Crippen molar-refractivity contribution in [1.82, 2.24) is 9.78 Å². The lowest BCUT2D eigenvalue weighted by atomic mass is 10.0. The maximum Gasteiger partial charge on any atom is 0.413 e. The van der Waals surface area contributed by atoms with Crippen LogP contribution in [0.15, 0.2) is 24.3 Å². The summed E-state index contributed by atoms with van der Waals surface area (Å²) >= 11 is 0. The SMILES string of the molecule is COC(=O)Cc1ccc(-c2nn(C(C)C)c(NC(=O)OC(C)(C)C)c2C#N)cc1. The molecule has 1 heterocycles. The third-order valence-electron chi connectivity index (χ3n) is 3.93. The van der Waals surface area contributed by atoms with Crippen molar-refractivity contribution in [3.63, 3.8) is 0 Å². The van der Waals surface area contributed by atoms with Gasteiger partial charge in [0.2, 0.25) is 0 Å². The van der Waals surface area contributed by atoms with Gasteiger partial charge in [-0.05, 0) is 40.2 Å². The highest BCUT2D eigenvalue weighted by molar-refractivity contribution is 5.88. The second-order valence-corrected chi connectivity index (χ2v) is 7.80. The smallest absolute Gasteiger partial charge is 0.413 e. The number of nitriles is 1. The van der Waals surface area contributed by atoms with Crippen LogP contribution in [-0.4, -0.2) is 34.6 Å². The highest BCUT2D eigenvalue weighted by Gasteiger charge is 2.24. The van der Waals surface area contributed by atoms with Gasteiger partial charge in [-0.3, -0.25) is 10.1 Å². The Morgan fingerprint density at radius 1 is 1.24 bits per heavy atom. The van der Waals surface area contributed by atoms with E-state index in [1.165, 1.54) is 7.11 Å². The van der Waals surface area contributed by atoms with Crippen LogP contribution in [0, 0.1) is 11.3 Å². The predicted molar refractivity (Wildman–Crippen MR) is 108 cm³/mol. The highest BCUT2D eigenvalue weighted by atomic mass is 16.6. The second-order valence-electron chi connectivity index (χ2n) is 7.80. The average Bonchev–Trinajstić information content (AvgIpc) is 2.99. The van der Waals surface area contributed by atoms with E-state index in [1.54, 1.807) is 49.7 Å². The quantitative estimate of drug-likeness (QED) is 0.761. The minimum Gasteiger partial charge on any atom is -0.469 e. The molecule has 0 aliphatic rings. The first-order chi connectivity index (χ1) is 13.6. The lowest BCUT2D eigenvalue weighted by molar-refractivity contribution is -0.139. The van der Waals surface area contributed by atoms with Crippen LogP contribution < -0.4 is 5.32 Å². The first-order valence-electron chi connectivity index (χ1n) is 9.24. The highest BCUT2D eigenvalue weighted by Crippen LogP contribution is 2.31. The largest absolute Gasteiger partial charge is 0.469 e. The number of methoxy groups -OCH3 is 1. The number of nitrogens with zero attached hydrogens (tertiary/aromatic N) is 3. The number of hydrogen-bond acceptors (Lipinski definition) is 6. The van der Waals surface area contributed by atoms with E-state index in [-0.39, 0.29) is 29.8 Å². The number of amides is 1. The summed E-state index contributed by atoms with van der Waals surface area (Å²) in [6.45, 7) is 9.09. The molecule has 0 fully saturated rings. The van der Waals surface area contributed by atoms with Crippen LogP contribution in [0.3, 0.4) is 0 Å². The van der Waals surface area contributed by atoms with Gasteiger partial charge in [-0.1, -0.05) is 24.3 Å². The Labute approximate surface area is 170 Å². The molecule has 29 heavy (non-hydrogen) atoms. The average molecular weight is 398 g/mol. The molecule has 0 saturated heterocycles. The van der Waals surface area contributed by atoms with E-state index in [1.807, 2.05) is 13.8 Å². The topological polar surface area (TPSA) is 106 Å². The number of aromatic nitrogens is 2. The Morgan fingerprint density at radius 3 is 2.34 bits per heavy atom. The lowest BCUT2D eigenvalue weighted by Gasteiger charge is -2.20. The Hall–Kier alpha value is -3.34. The van der Waals surface area contributed by atoms with Crippen LogP contribution in [0.1, 0.15) is 51.8 Å². The van der Waals surface area contributed by atoms with Gasteiger partial charge in [0.05, 0.1) is 13.5 Å². The van der Waals surface area contributed by atoms with Crippen LogP contribution in [-0.2, 0) is 20.7 Å². The predicted octanol–water partition coefficient (Wildman–Crippen LogP) is 4.07. The normalized spacial score (nSPS) is 11.1. The standard InChI is InChI=1S/C21H26N4O4/c1-13(2)25-19(23-20(27)29-21(3,4)5)16(12-22)18(24-25)15-9-7-14(8-10-15)11-17(26)28-6/h7-10,13H,11H2,1-6H3,(H,23,27). The molecule has 1 aromatic heterocycles. The van der Waals surface area contributed by atoms with Gasteiger partial charge >= 0.3 is 12.1 Å². The van der Waals surface area contributed by atoms with Gasteiger partial charge in [0, 0.05) is 11.6 Å². The van der Waals surface area contributed by atoms with Gasteiger partial charge in [0.25, 0.3) is 0 Å². The third-order valence-corrected chi connectivity index (χ3v) is 3.93. The summed E-state index contributed by atoms with van der Waals surface area (Å²) in [5.74, 6) is -0.0474. The fraction of sp³-hybridized carbons (Fsp3) is 0.429. The molecule has 0 aliphatic carbocycles. The van der Waals surface area contributed by atoms with E-state index in [0.717, 1.165) is 5.56 Å². The molecule has 0 bridgehead atoms. The second kappa shape index (κ2) is 8.78. The van der Waals surface area contributed by atoms with Crippen LogP contribution in [0.4, 0.5) is 10.6 Å². The van der Waals surface area contributed by atoms with Gasteiger partial charge in [-0.2, -0.15) is 10.4 Å². The zero-order valence-electron chi connectivity index (χ0n) is 17.6. The van der Waals surface area contributed by atoms with Crippen molar-refractivity contribution in [2.45, 2.75) is 52.7 Å². The van der Waals surface area contributed by atoms with E-state index < -0.39 is 11.7 Å². The third kappa shape index (κ3) is 5.57. The molecule has 0 aliphatic heterocycles. The Bertz CT molecular complexity index is 931. The molecule has 0 spiro atoms. The maximum atomic E-state index is 12.3. The number of benzene rings is 1. The van der Waals surface area contributed by atoms with Crippen molar-refractivity contribution in [1.29, 1.82) is 5.26 Å². The molecule has 0 atom stereocenters. The maximum absolute atomic E-state index is 12.3. The molecule has 1 N–H and O–H groups in total. The van der Waals surface area contributed by atoms with Crippen molar-refractivity contribution in [2.75, 3.05) is 12.4 Å². The summed E-state index contributed by atoms with van der Waals surface area (Å²) in [5, 5.41) is 16.9. The molecule has 1 aromatic carbocycles. The molecule has 0 radical (unpaired) electrons. The first-order valence-corrected chi connectivity index (χ1v) is 9.24. The summed E-state index contributed by atoms with van der Waals surface area (Å²) in [4.78, 5) is 23.7. The molecule has 8 nitrogen and oxygen atoms in total. The molecule has 2 rings (SSSR count). The van der Waals surface area contributed by atoms with Crippen molar-refractivity contribution in [3.05, 3.63) is 35.4 Å². The van der Waals surface area contributed by atoms with E-state index in [4.69, 9.17) is 4.74 Å². The number of nitrogens with one attached hydrogen (secondary N) is 1.